The number of esters is 3. The number of ether oxygens (including phenoxy) is 6. The molecule has 0 aliphatic rings. The van der Waals surface area contributed by atoms with Crippen molar-refractivity contribution in [2.45, 2.75) is 59.3 Å². The first-order chi connectivity index (χ1) is 24.6. The quantitative estimate of drug-likeness (QED) is 0.0428. The van der Waals surface area contributed by atoms with E-state index >= 15 is 0 Å². The molecule has 51 heavy (non-hydrogen) atoms. The fourth-order valence-electron chi connectivity index (χ4n) is 4.36. The Morgan fingerprint density at radius 3 is 1.10 bits per heavy atom. The first kappa shape index (κ1) is 41.2. The minimum absolute atomic E-state index is 0.131. The number of halogens is 4. The van der Waals surface area contributed by atoms with Crippen molar-refractivity contribution in [3.05, 3.63) is 88.7 Å². The number of hydrogen-bond acceptors (Lipinski definition) is 9. The van der Waals surface area contributed by atoms with Crippen LogP contribution in [-0.2, 0) is 14.2 Å². The van der Waals surface area contributed by atoms with E-state index < -0.39 is 40.8 Å². The van der Waals surface area contributed by atoms with E-state index in [0.717, 1.165) is 37.5 Å². The number of benzene rings is 3. The molecule has 3 aromatic rings. The Balaban J connectivity index is 1.86. The van der Waals surface area contributed by atoms with Gasteiger partial charge in [-0.1, -0.05) is 56.0 Å². The third-order valence-corrected chi connectivity index (χ3v) is 8.77. The predicted molar refractivity (Wildman–Crippen MR) is 187 cm³/mol. The molecule has 278 valence electrons. The Morgan fingerprint density at radius 2 is 0.843 bits per heavy atom. The Labute approximate surface area is 304 Å². The normalized spacial score (nSPS) is 11.1. The summed E-state index contributed by atoms with van der Waals surface area (Å²) in [6, 6.07) is 11.0. The topological polar surface area (TPSA) is 107 Å². The summed E-state index contributed by atoms with van der Waals surface area (Å²) in [6.07, 6.45) is 4.26. The van der Waals surface area contributed by atoms with Crippen LogP contribution in [0.3, 0.4) is 0 Å². The lowest BCUT2D eigenvalue weighted by molar-refractivity contribution is 0.0480. The van der Waals surface area contributed by atoms with Crippen molar-refractivity contribution in [3.63, 3.8) is 0 Å². The molecule has 0 fully saturated rings. The summed E-state index contributed by atoms with van der Waals surface area (Å²) >= 11 is 3.51. The van der Waals surface area contributed by atoms with Crippen LogP contribution in [0.5, 0.6) is 17.2 Å². The minimum atomic E-state index is -1.05. The third kappa shape index (κ3) is 12.8. The molecule has 3 rings (SSSR count). The number of hydrogen-bond donors (Lipinski definition) is 0. The van der Waals surface area contributed by atoms with Gasteiger partial charge in [-0.3, -0.25) is 0 Å². The van der Waals surface area contributed by atoms with Gasteiger partial charge in [0.05, 0.1) is 41.9 Å². The van der Waals surface area contributed by atoms with Crippen LogP contribution in [0.4, 0.5) is 13.2 Å². The smallest absolute Gasteiger partial charge is 0.341 e. The van der Waals surface area contributed by atoms with Gasteiger partial charge in [-0.25, -0.2) is 27.6 Å². The molecule has 0 spiro atoms. The highest BCUT2D eigenvalue weighted by Gasteiger charge is 2.34. The maximum atomic E-state index is 14.6. The Morgan fingerprint density at radius 1 is 0.549 bits per heavy atom. The molecule has 0 N–H and O–H groups in total. The van der Waals surface area contributed by atoms with Gasteiger partial charge in [-0.15, -0.1) is 0 Å². The van der Waals surface area contributed by atoms with Gasteiger partial charge in [0.15, 0.2) is 0 Å². The zero-order chi connectivity index (χ0) is 37.2. The van der Waals surface area contributed by atoms with Crippen molar-refractivity contribution in [2.24, 2.45) is 5.41 Å². The molecule has 0 saturated carbocycles. The van der Waals surface area contributed by atoms with Gasteiger partial charge in [-0.2, -0.15) is 0 Å². The summed E-state index contributed by atoms with van der Waals surface area (Å²) in [5.74, 6) is -4.35. The monoisotopic (exact) mass is 780 g/mol. The molecule has 0 radical (unpaired) electrons. The van der Waals surface area contributed by atoms with E-state index in [1.54, 1.807) is 0 Å². The molecule has 0 aliphatic heterocycles. The van der Waals surface area contributed by atoms with Gasteiger partial charge < -0.3 is 28.4 Å². The van der Waals surface area contributed by atoms with E-state index in [4.69, 9.17) is 28.4 Å². The summed E-state index contributed by atoms with van der Waals surface area (Å²) in [5.41, 5.74) is -1.94. The highest BCUT2D eigenvalue weighted by Crippen LogP contribution is 2.29. The van der Waals surface area contributed by atoms with Gasteiger partial charge in [0.1, 0.15) is 54.5 Å². The fraction of sp³-hybridized carbons (Fsp3) is 0.447. The second-order valence-electron chi connectivity index (χ2n) is 11.9. The Hall–Kier alpha value is -4.26. The van der Waals surface area contributed by atoms with E-state index in [-0.39, 0.29) is 78.9 Å². The lowest BCUT2D eigenvalue weighted by Gasteiger charge is -2.31. The Bertz CT molecular complexity index is 1420. The van der Waals surface area contributed by atoms with Crippen molar-refractivity contribution in [2.75, 3.05) is 45.0 Å². The standard InChI is InChI=1S/C38H44BrF3O9/c1-4-7-16-46-35(43)29-19-26(10-13-32(29)40)49-23-38(22-39,24-50-27-11-14-33(41)30(20-27)36(44)47-17-8-5-2)25-51-28-12-15-34(42)31(21-28)37(45)48-18-9-6-3/h10-15,19-21H,4-9,16-18,22-25H2,1-3H3. The maximum Gasteiger partial charge on any atom is 0.341 e. The SMILES string of the molecule is CCCCOC(=O)c1cc(OCC(CBr)(COc2ccc(F)c(C(=O)OCCCC)c2)COc2ccc(F)c(C(=O)OCCCC)c2)ccc1F. The van der Waals surface area contributed by atoms with Crippen LogP contribution < -0.4 is 14.2 Å². The van der Waals surface area contributed by atoms with Crippen LogP contribution in [0.25, 0.3) is 0 Å². The lowest BCUT2D eigenvalue weighted by atomic mass is 9.94. The van der Waals surface area contributed by atoms with Gasteiger partial charge in [0.2, 0.25) is 0 Å². The van der Waals surface area contributed by atoms with Crippen LogP contribution in [0.1, 0.15) is 90.4 Å². The molecule has 0 aliphatic carbocycles. The zero-order valence-corrected chi connectivity index (χ0v) is 30.7. The fourth-order valence-corrected chi connectivity index (χ4v) is 4.85. The number of carbonyl (C=O) groups is 3. The summed E-state index contributed by atoms with van der Waals surface area (Å²) in [4.78, 5) is 37.6. The Kier molecular flexibility index (Phi) is 17.1. The number of unbranched alkanes of at least 4 members (excludes halogenated alkanes) is 3. The van der Waals surface area contributed by atoms with Crippen molar-refractivity contribution in [1.29, 1.82) is 0 Å². The van der Waals surface area contributed by atoms with Crippen molar-refractivity contribution in [3.8, 4) is 17.2 Å². The average Bonchev–Trinajstić information content (AvgIpc) is 3.13. The molecule has 0 amide bonds. The summed E-state index contributed by atoms with van der Waals surface area (Å²) in [5, 5.41) is 0.188. The molecule has 0 saturated heterocycles. The summed E-state index contributed by atoms with van der Waals surface area (Å²) in [6.45, 7) is 5.83. The maximum absolute atomic E-state index is 14.6. The first-order valence-corrected chi connectivity index (χ1v) is 18.0. The second kappa shape index (κ2) is 21.2. The molecule has 0 atom stereocenters. The number of rotatable bonds is 22. The van der Waals surface area contributed by atoms with E-state index in [2.05, 4.69) is 15.9 Å². The second-order valence-corrected chi connectivity index (χ2v) is 12.5. The van der Waals surface area contributed by atoms with Crippen molar-refractivity contribution < 1.29 is 56.0 Å². The molecule has 9 nitrogen and oxygen atoms in total. The number of carbonyl (C=O) groups excluding carboxylic acids is 3. The van der Waals surface area contributed by atoms with Crippen LogP contribution in [0.2, 0.25) is 0 Å². The van der Waals surface area contributed by atoms with E-state index in [1.165, 1.54) is 36.4 Å². The molecule has 0 heterocycles. The zero-order valence-electron chi connectivity index (χ0n) is 29.1. The van der Waals surface area contributed by atoms with Crippen molar-refractivity contribution in [1.82, 2.24) is 0 Å². The van der Waals surface area contributed by atoms with Crippen LogP contribution in [0.15, 0.2) is 54.6 Å². The first-order valence-electron chi connectivity index (χ1n) is 16.9. The molecular weight excluding hydrogens is 737 g/mol. The van der Waals surface area contributed by atoms with Crippen LogP contribution in [-0.4, -0.2) is 62.9 Å². The van der Waals surface area contributed by atoms with E-state index in [1.807, 2.05) is 20.8 Å². The van der Waals surface area contributed by atoms with Gasteiger partial charge in [0, 0.05) is 5.33 Å². The predicted octanol–water partition coefficient (Wildman–Crippen LogP) is 8.89. The molecule has 13 heteroatoms. The highest BCUT2D eigenvalue weighted by atomic mass is 79.9. The summed E-state index contributed by atoms with van der Waals surface area (Å²) in [7, 11) is 0. The lowest BCUT2D eigenvalue weighted by Crippen LogP contribution is -2.42. The van der Waals surface area contributed by atoms with E-state index in [0.29, 0.717) is 19.3 Å². The number of alkyl halides is 1. The summed E-state index contributed by atoms with van der Waals surface area (Å²) < 4.78 is 77.4. The molecule has 0 aromatic heterocycles. The van der Waals surface area contributed by atoms with E-state index in [9.17, 15) is 27.6 Å². The molecular formula is C38H44BrF3O9. The van der Waals surface area contributed by atoms with Crippen LogP contribution in [0, 0.1) is 22.9 Å². The van der Waals surface area contributed by atoms with Gasteiger partial charge >= 0.3 is 17.9 Å². The minimum Gasteiger partial charge on any atom is -0.493 e. The average molecular weight is 782 g/mol. The molecule has 0 bridgehead atoms. The third-order valence-electron chi connectivity index (χ3n) is 7.58. The van der Waals surface area contributed by atoms with Gasteiger partial charge in [-0.05, 0) is 73.9 Å². The molecule has 3 aromatic carbocycles. The van der Waals surface area contributed by atoms with Crippen molar-refractivity contribution >= 4 is 33.8 Å². The molecule has 0 unspecified atom stereocenters. The largest absolute Gasteiger partial charge is 0.493 e. The van der Waals surface area contributed by atoms with Gasteiger partial charge in [0.25, 0.3) is 0 Å². The van der Waals surface area contributed by atoms with Crippen LogP contribution >= 0.6 is 15.9 Å². The highest BCUT2D eigenvalue weighted by molar-refractivity contribution is 9.09.